The summed E-state index contributed by atoms with van der Waals surface area (Å²) in [6, 6.07) is 0. The topological polar surface area (TPSA) is 72.8 Å². The van der Waals surface area contributed by atoms with E-state index in [0.29, 0.717) is 13.2 Å². The van der Waals surface area contributed by atoms with E-state index in [9.17, 15) is 9.59 Å². The second kappa shape index (κ2) is 8.10. The zero-order valence-corrected chi connectivity index (χ0v) is 10.1. The van der Waals surface area contributed by atoms with Gasteiger partial charge in [0.15, 0.2) is 0 Å². The predicted octanol–water partition coefficient (Wildman–Crippen LogP) is 1.31. The van der Waals surface area contributed by atoms with Gasteiger partial charge in [-0.1, -0.05) is 20.8 Å². The monoisotopic (exact) mass is 232 g/mol. The van der Waals surface area contributed by atoms with Crippen molar-refractivity contribution in [2.75, 3.05) is 19.8 Å². The van der Waals surface area contributed by atoms with Crippen molar-refractivity contribution in [3.05, 3.63) is 0 Å². The van der Waals surface area contributed by atoms with Crippen LogP contribution < -0.4 is 0 Å². The Balaban J connectivity index is 3.75. The normalized spacial score (nSPS) is 14.2. The molecule has 0 radical (unpaired) electrons. The molecule has 5 nitrogen and oxygen atoms in total. The first-order chi connectivity index (χ1) is 7.50. The van der Waals surface area contributed by atoms with Gasteiger partial charge in [0.2, 0.25) is 0 Å². The number of hydrogen-bond donors (Lipinski definition) is 1. The summed E-state index contributed by atoms with van der Waals surface area (Å²) in [5.41, 5.74) is 0. The molecule has 0 aromatic carbocycles. The van der Waals surface area contributed by atoms with E-state index in [-0.39, 0.29) is 6.61 Å². The Labute approximate surface area is 95.7 Å². The van der Waals surface area contributed by atoms with Gasteiger partial charge in [-0.25, -0.2) is 0 Å². The third-order valence-electron chi connectivity index (χ3n) is 2.33. The summed E-state index contributed by atoms with van der Waals surface area (Å²) in [6.07, 6.45) is 0.917. The van der Waals surface area contributed by atoms with E-state index in [1.54, 1.807) is 6.92 Å². The maximum Gasteiger partial charge on any atom is 0.309 e. The SMILES string of the molecule is CCCOCCOC(=O)C(C)C(C)C(=O)O. The van der Waals surface area contributed by atoms with Crippen molar-refractivity contribution in [1.29, 1.82) is 0 Å². The van der Waals surface area contributed by atoms with Gasteiger partial charge in [0.25, 0.3) is 0 Å². The molecule has 0 rings (SSSR count). The van der Waals surface area contributed by atoms with Crippen molar-refractivity contribution in [2.45, 2.75) is 27.2 Å². The predicted molar refractivity (Wildman–Crippen MR) is 58.0 cm³/mol. The lowest BCUT2D eigenvalue weighted by Crippen LogP contribution is -2.27. The van der Waals surface area contributed by atoms with Crippen molar-refractivity contribution in [1.82, 2.24) is 0 Å². The minimum Gasteiger partial charge on any atom is -0.481 e. The molecule has 0 aliphatic rings. The number of ether oxygens (including phenoxy) is 2. The number of carboxylic acid groups (broad SMARTS) is 1. The largest absolute Gasteiger partial charge is 0.481 e. The van der Waals surface area contributed by atoms with Gasteiger partial charge in [-0.2, -0.15) is 0 Å². The maximum absolute atomic E-state index is 11.4. The molecule has 0 saturated heterocycles. The highest BCUT2D eigenvalue weighted by atomic mass is 16.6. The quantitative estimate of drug-likeness (QED) is 0.504. The zero-order valence-electron chi connectivity index (χ0n) is 10.1. The van der Waals surface area contributed by atoms with E-state index in [2.05, 4.69) is 0 Å². The summed E-state index contributed by atoms with van der Waals surface area (Å²) >= 11 is 0. The number of aliphatic carboxylic acids is 1. The lowest BCUT2D eigenvalue weighted by Gasteiger charge is -2.14. The molecule has 0 amide bonds. The molecule has 0 saturated carbocycles. The first kappa shape index (κ1) is 14.9. The zero-order chi connectivity index (χ0) is 12.6. The molecule has 0 heterocycles. The number of carbonyl (C=O) groups is 2. The molecule has 0 aromatic rings. The van der Waals surface area contributed by atoms with Crippen molar-refractivity contribution in [3.8, 4) is 0 Å². The molecule has 0 aromatic heterocycles. The van der Waals surface area contributed by atoms with Crippen LogP contribution >= 0.6 is 0 Å². The van der Waals surface area contributed by atoms with Crippen LogP contribution in [0.4, 0.5) is 0 Å². The highest BCUT2D eigenvalue weighted by Gasteiger charge is 2.26. The fourth-order valence-corrected chi connectivity index (χ4v) is 0.997. The first-order valence-corrected chi connectivity index (χ1v) is 5.47. The van der Waals surface area contributed by atoms with Gasteiger partial charge >= 0.3 is 11.9 Å². The molecule has 0 fully saturated rings. The third kappa shape index (κ3) is 5.70. The molecule has 0 spiro atoms. The van der Waals surface area contributed by atoms with E-state index in [0.717, 1.165) is 6.42 Å². The highest BCUT2D eigenvalue weighted by molar-refractivity contribution is 5.80. The van der Waals surface area contributed by atoms with E-state index < -0.39 is 23.8 Å². The van der Waals surface area contributed by atoms with Crippen LogP contribution in [0.3, 0.4) is 0 Å². The lowest BCUT2D eigenvalue weighted by molar-refractivity contribution is -0.157. The van der Waals surface area contributed by atoms with Crippen LogP contribution in [0.2, 0.25) is 0 Å². The average molecular weight is 232 g/mol. The number of rotatable bonds is 8. The van der Waals surface area contributed by atoms with Crippen molar-refractivity contribution >= 4 is 11.9 Å². The lowest BCUT2D eigenvalue weighted by atomic mass is 9.96. The van der Waals surface area contributed by atoms with Gasteiger partial charge in [0.1, 0.15) is 6.61 Å². The van der Waals surface area contributed by atoms with Crippen LogP contribution in [0.5, 0.6) is 0 Å². The van der Waals surface area contributed by atoms with Crippen LogP contribution in [0, 0.1) is 11.8 Å². The fraction of sp³-hybridized carbons (Fsp3) is 0.818. The van der Waals surface area contributed by atoms with E-state index in [1.807, 2.05) is 6.92 Å². The number of carbonyl (C=O) groups excluding carboxylic acids is 1. The molecule has 5 heteroatoms. The number of carboxylic acids is 1. The van der Waals surface area contributed by atoms with Gasteiger partial charge in [0.05, 0.1) is 18.4 Å². The molecule has 0 bridgehead atoms. The second-order valence-electron chi connectivity index (χ2n) is 3.70. The number of hydrogen-bond acceptors (Lipinski definition) is 4. The van der Waals surface area contributed by atoms with E-state index in [4.69, 9.17) is 14.6 Å². The Hall–Kier alpha value is -1.10. The summed E-state index contributed by atoms with van der Waals surface area (Å²) in [4.78, 5) is 22.0. The van der Waals surface area contributed by atoms with Crippen molar-refractivity contribution < 1.29 is 24.2 Å². The Morgan fingerprint density at radius 2 is 1.75 bits per heavy atom. The molecule has 2 unspecified atom stereocenters. The van der Waals surface area contributed by atoms with Crippen molar-refractivity contribution in [2.24, 2.45) is 11.8 Å². The average Bonchev–Trinajstić information content (AvgIpc) is 2.26. The Bertz CT molecular complexity index is 226. The molecule has 94 valence electrons. The molecule has 16 heavy (non-hydrogen) atoms. The maximum atomic E-state index is 11.4. The minimum atomic E-state index is -0.994. The summed E-state index contributed by atoms with van der Waals surface area (Å²) < 4.78 is 10.0. The van der Waals surface area contributed by atoms with Gasteiger partial charge in [-0.3, -0.25) is 9.59 Å². The Kier molecular flexibility index (Phi) is 7.54. The third-order valence-corrected chi connectivity index (χ3v) is 2.33. The van der Waals surface area contributed by atoms with Crippen LogP contribution in [0.25, 0.3) is 0 Å². The van der Waals surface area contributed by atoms with Gasteiger partial charge in [-0.05, 0) is 6.42 Å². The smallest absolute Gasteiger partial charge is 0.309 e. The van der Waals surface area contributed by atoms with E-state index in [1.165, 1.54) is 6.92 Å². The first-order valence-electron chi connectivity index (χ1n) is 5.47. The second-order valence-corrected chi connectivity index (χ2v) is 3.70. The van der Waals surface area contributed by atoms with Gasteiger partial charge in [-0.15, -0.1) is 0 Å². The standard InChI is InChI=1S/C11H20O5/c1-4-5-15-6-7-16-11(14)9(3)8(2)10(12)13/h8-9H,4-7H2,1-3H3,(H,12,13). The van der Waals surface area contributed by atoms with Crippen LogP contribution in [0.1, 0.15) is 27.2 Å². The summed E-state index contributed by atoms with van der Waals surface area (Å²) in [6.45, 7) is 6.19. The molecular formula is C11H20O5. The molecule has 1 N–H and O–H groups in total. The van der Waals surface area contributed by atoms with E-state index >= 15 is 0 Å². The summed E-state index contributed by atoms with van der Waals surface area (Å²) in [5, 5.41) is 8.71. The van der Waals surface area contributed by atoms with Crippen LogP contribution in [-0.4, -0.2) is 36.9 Å². The summed E-state index contributed by atoms with van der Waals surface area (Å²) in [5.74, 6) is -2.85. The van der Waals surface area contributed by atoms with Gasteiger partial charge in [0, 0.05) is 6.61 Å². The summed E-state index contributed by atoms with van der Waals surface area (Å²) in [7, 11) is 0. The fourth-order valence-electron chi connectivity index (χ4n) is 0.997. The van der Waals surface area contributed by atoms with Crippen LogP contribution in [-0.2, 0) is 19.1 Å². The molecule has 2 atom stereocenters. The van der Waals surface area contributed by atoms with Gasteiger partial charge < -0.3 is 14.6 Å². The Morgan fingerprint density at radius 1 is 1.12 bits per heavy atom. The Morgan fingerprint density at radius 3 is 2.25 bits per heavy atom. The van der Waals surface area contributed by atoms with Crippen molar-refractivity contribution in [3.63, 3.8) is 0 Å². The van der Waals surface area contributed by atoms with Crippen LogP contribution in [0.15, 0.2) is 0 Å². The molecular weight excluding hydrogens is 212 g/mol. The highest BCUT2D eigenvalue weighted by Crippen LogP contribution is 2.12. The molecule has 0 aliphatic carbocycles. The minimum absolute atomic E-state index is 0.176. The number of esters is 1. The molecule has 0 aliphatic heterocycles.